The third kappa shape index (κ3) is 5.70. The molecular weight excluding hydrogens is 403 g/mol. The Kier molecular flexibility index (Phi) is 7.80. The Labute approximate surface area is 154 Å². The average molecular weight is 426 g/mol. The fraction of sp³-hybridized carbons (Fsp3) is 0.294. The molecule has 0 spiro atoms. The van der Waals surface area contributed by atoms with Crippen LogP contribution in [0.25, 0.3) is 0 Å². The molecule has 0 atom stereocenters. The van der Waals surface area contributed by atoms with Crippen LogP contribution in [0.4, 0.5) is 5.69 Å². The molecule has 0 amide bonds. The Balaban J connectivity index is 0.00000264. The zero-order valence-electron chi connectivity index (χ0n) is 13.7. The zero-order valence-corrected chi connectivity index (χ0v) is 16.0. The minimum atomic E-state index is 0. The Hall–Kier alpha value is -1.83. The number of nitrogens with two attached hydrogens (primary N) is 1. The highest BCUT2D eigenvalue weighted by Crippen LogP contribution is 2.16. The number of hydrogen-bond acceptors (Lipinski definition) is 3. The van der Waals surface area contributed by atoms with Gasteiger partial charge in [-0.15, -0.1) is 24.0 Å². The molecule has 1 heterocycles. The van der Waals surface area contributed by atoms with Gasteiger partial charge in [0.05, 0.1) is 13.2 Å². The number of pyridine rings is 1. The van der Waals surface area contributed by atoms with Gasteiger partial charge in [-0.1, -0.05) is 12.1 Å². The van der Waals surface area contributed by atoms with Crippen molar-refractivity contribution in [1.82, 2.24) is 4.98 Å². The second kappa shape index (κ2) is 9.34. The SMILES string of the molecule is CCOc1ncccc1CN=C(N)Nc1ccc(C)c(C)c1.I. The summed E-state index contributed by atoms with van der Waals surface area (Å²) in [5, 5.41) is 3.10. The predicted octanol–water partition coefficient (Wildman–Crippen LogP) is 3.64. The number of halogens is 1. The van der Waals surface area contributed by atoms with Crippen molar-refractivity contribution in [3.63, 3.8) is 0 Å². The lowest BCUT2D eigenvalue weighted by Crippen LogP contribution is -2.22. The zero-order chi connectivity index (χ0) is 15.9. The summed E-state index contributed by atoms with van der Waals surface area (Å²) in [6.07, 6.45) is 1.70. The third-order valence-corrected chi connectivity index (χ3v) is 3.33. The summed E-state index contributed by atoms with van der Waals surface area (Å²) in [6, 6.07) is 9.89. The molecule has 1 aromatic carbocycles. The molecule has 0 saturated heterocycles. The number of nitrogens with zero attached hydrogens (tertiary/aromatic N) is 2. The lowest BCUT2D eigenvalue weighted by Gasteiger charge is -2.09. The number of nitrogens with one attached hydrogen (secondary N) is 1. The lowest BCUT2D eigenvalue weighted by molar-refractivity contribution is 0.323. The maximum atomic E-state index is 5.94. The minimum absolute atomic E-state index is 0. The smallest absolute Gasteiger partial charge is 0.218 e. The Morgan fingerprint density at radius 1 is 1.26 bits per heavy atom. The van der Waals surface area contributed by atoms with E-state index in [1.54, 1.807) is 6.20 Å². The quantitative estimate of drug-likeness (QED) is 0.435. The fourth-order valence-electron chi connectivity index (χ4n) is 1.99. The number of anilines is 1. The molecule has 0 aliphatic carbocycles. The molecule has 0 radical (unpaired) electrons. The van der Waals surface area contributed by atoms with Crippen LogP contribution in [0.15, 0.2) is 41.5 Å². The van der Waals surface area contributed by atoms with E-state index < -0.39 is 0 Å². The molecule has 2 rings (SSSR count). The molecule has 0 fully saturated rings. The highest BCUT2D eigenvalue weighted by atomic mass is 127. The van der Waals surface area contributed by atoms with Crippen molar-refractivity contribution in [2.45, 2.75) is 27.3 Å². The molecule has 124 valence electrons. The second-order valence-corrected chi connectivity index (χ2v) is 5.03. The van der Waals surface area contributed by atoms with Crippen molar-refractivity contribution >= 4 is 35.6 Å². The first-order chi connectivity index (χ1) is 10.6. The van der Waals surface area contributed by atoms with E-state index in [1.165, 1.54) is 11.1 Å². The average Bonchev–Trinajstić information content (AvgIpc) is 2.50. The van der Waals surface area contributed by atoms with E-state index >= 15 is 0 Å². The van der Waals surface area contributed by atoms with E-state index in [9.17, 15) is 0 Å². The van der Waals surface area contributed by atoms with Gasteiger partial charge in [-0.25, -0.2) is 9.98 Å². The van der Waals surface area contributed by atoms with Gasteiger partial charge in [0.1, 0.15) is 0 Å². The van der Waals surface area contributed by atoms with Crippen LogP contribution in [0.2, 0.25) is 0 Å². The van der Waals surface area contributed by atoms with Gasteiger partial charge in [0.25, 0.3) is 0 Å². The summed E-state index contributed by atoms with van der Waals surface area (Å²) in [4.78, 5) is 8.55. The van der Waals surface area contributed by atoms with E-state index in [0.717, 1.165) is 11.3 Å². The van der Waals surface area contributed by atoms with Crippen LogP contribution >= 0.6 is 24.0 Å². The van der Waals surface area contributed by atoms with Gasteiger partial charge in [0, 0.05) is 17.4 Å². The van der Waals surface area contributed by atoms with E-state index in [4.69, 9.17) is 10.5 Å². The Morgan fingerprint density at radius 2 is 2.04 bits per heavy atom. The highest BCUT2D eigenvalue weighted by molar-refractivity contribution is 14.0. The number of ether oxygens (including phenoxy) is 1. The van der Waals surface area contributed by atoms with Gasteiger partial charge >= 0.3 is 0 Å². The molecule has 3 N–H and O–H groups in total. The van der Waals surface area contributed by atoms with Crippen LogP contribution in [0.3, 0.4) is 0 Å². The summed E-state index contributed by atoms with van der Waals surface area (Å²) in [5.41, 5.74) is 10.2. The molecule has 6 heteroatoms. The van der Waals surface area contributed by atoms with Gasteiger partial charge in [-0.05, 0) is 50.1 Å². The van der Waals surface area contributed by atoms with Crippen molar-refractivity contribution in [3.8, 4) is 5.88 Å². The Bertz CT molecular complexity index is 673. The van der Waals surface area contributed by atoms with Crippen LogP contribution in [-0.4, -0.2) is 17.6 Å². The molecule has 0 aliphatic rings. The third-order valence-electron chi connectivity index (χ3n) is 3.33. The first kappa shape index (κ1) is 19.2. The molecule has 0 saturated carbocycles. The van der Waals surface area contributed by atoms with Crippen molar-refractivity contribution in [2.75, 3.05) is 11.9 Å². The topological polar surface area (TPSA) is 72.5 Å². The predicted molar refractivity (Wildman–Crippen MR) is 106 cm³/mol. The van der Waals surface area contributed by atoms with Crippen LogP contribution in [0, 0.1) is 13.8 Å². The van der Waals surface area contributed by atoms with Crippen molar-refractivity contribution in [1.29, 1.82) is 0 Å². The van der Waals surface area contributed by atoms with Gasteiger partial charge in [-0.2, -0.15) is 0 Å². The van der Waals surface area contributed by atoms with Crippen molar-refractivity contribution in [3.05, 3.63) is 53.2 Å². The van der Waals surface area contributed by atoms with E-state index in [0.29, 0.717) is 25.0 Å². The van der Waals surface area contributed by atoms with Gasteiger partial charge in [0.15, 0.2) is 5.96 Å². The summed E-state index contributed by atoms with van der Waals surface area (Å²) in [6.45, 7) is 7.07. The monoisotopic (exact) mass is 426 g/mol. The molecule has 1 aromatic heterocycles. The van der Waals surface area contributed by atoms with Gasteiger partial charge < -0.3 is 15.8 Å². The standard InChI is InChI=1S/C17H22N4O.HI/c1-4-22-16-14(6-5-9-19-16)11-20-17(18)21-15-8-7-12(2)13(3)10-15;/h5-10H,4,11H2,1-3H3,(H3,18,20,21);1H. The molecule has 23 heavy (non-hydrogen) atoms. The van der Waals surface area contributed by atoms with E-state index in [1.807, 2.05) is 31.2 Å². The molecule has 0 aliphatic heterocycles. The number of aromatic nitrogens is 1. The number of aliphatic imine (C=N–C) groups is 1. The number of rotatable bonds is 5. The first-order valence-electron chi connectivity index (χ1n) is 7.31. The van der Waals surface area contributed by atoms with Crippen LogP contribution in [0.1, 0.15) is 23.6 Å². The second-order valence-electron chi connectivity index (χ2n) is 5.03. The van der Waals surface area contributed by atoms with Crippen LogP contribution in [0.5, 0.6) is 5.88 Å². The minimum Gasteiger partial charge on any atom is -0.478 e. The molecule has 5 nitrogen and oxygen atoms in total. The molecular formula is C17H23IN4O. The first-order valence-corrected chi connectivity index (χ1v) is 7.31. The fourth-order valence-corrected chi connectivity index (χ4v) is 1.99. The number of benzene rings is 1. The lowest BCUT2D eigenvalue weighted by atomic mass is 10.1. The van der Waals surface area contributed by atoms with E-state index in [2.05, 4.69) is 35.2 Å². The number of guanidine groups is 1. The van der Waals surface area contributed by atoms with Crippen LogP contribution < -0.4 is 15.8 Å². The summed E-state index contributed by atoms with van der Waals surface area (Å²) < 4.78 is 5.47. The maximum Gasteiger partial charge on any atom is 0.218 e. The molecule has 2 aromatic rings. The largest absolute Gasteiger partial charge is 0.478 e. The van der Waals surface area contributed by atoms with Crippen molar-refractivity contribution in [2.24, 2.45) is 10.7 Å². The number of aryl methyl sites for hydroxylation is 2. The maximum absolute atomic E-state index is 5.94. The van der Waals surface area contributed by atoms with Gasteiger partial charge in [-0.3, -0.25) is 0 Å². The molecule has 0 bridgehead atoms. The number of hydrogen-bond donors (Lipinski definition) is 2. The van der Waals surface area contributed by atoms with Crippen molar-refractivity contribution < 1.29 is 4.74 Å². The summed E-state index contributed by atoms with van der Waals surface area (Å²) in [5.74, 6) is 0.974. The molecule has 0 unspecified atom stereocenters. The van der Waals surface area contributed by atoms with Crippen LogP contribution in [-0.2, 0) is 6.54 Å². The Morgan fingerprint density at radius 3 is 2.74 bits per heavy atom. The van der Waals surface area contributed by atoms with E-state index in [-0.39, 0.29) is 24.0 Å². The normalized spacial score (nSPS) is 10.8. The summed E-state index contributed by atoms with van der Waals surface area (Å²) >= 11 is 0. The summed E-state index contributed by atoms with van der Waals surface area (Å²) in [7, 11) is 0. The van der Waals surface area contributed by atoms with Gasteiger partial charge in [0.2, 0.25) is 5.88 Å². The highest BCUT2D eigenvalue weighted by Gasteiger charge is 2.04.